The fraction of sp³-hybridized carbons (Fsp3) is 0.278. The molecule has 23 heavy (non-hydrogen) atoms. The van der Waals surface area contributed by atoms with Crippen LogP contribution in [0, 0.1) is 5.82 Å². The molecule has 0 unspecified atom stereocenters. The Bertz CT molecular complexity index is 696. The molecule has 1 aliphatic rings. The standard InChI is InChI=1S/C18H20FN3O/c19-16-6-1-2-7-17(16)22-10-8-21(9-11-22)13-18(23)14-4-3-5-15(20)12-14/h1-7,12H,8-11,13,20H2. The number of benzene rings is 2. The average Bonchev–Trinajstić information content (AvgIpc) is 2.56. The van der Waals surface area contributed by atoms with Gasteiger partial charge in [0, 0.05) is 37.4 Å². The van der Waals surface area contributed by atoms with Gasteiger partial charge in [0.15, 0.2) is 5.78 Å². The number of rotatable bonds is 4. The van der Waals surface area contributed by atoms with Crippen LogP contribution in [0.2, 0.25) is 0 Å². The third-order valence-electron chi connectivity index (χ3n) is 4.14. The van der Waals surface area contributed by atoms with E-state index in [1.54, 1.807) is 36.4 Å². The molecular formula is C18H20FN3O. The second-order valence-corrected chi connectivity index (χ2v) is 5.76. The van der Waals surface area contributed by atoms with Crippen LogP contribution >= 0.6 is 0 Å². The molecule has 0 radical (unpaired) electrons. The highest BCUT2D eigenvalue weighted by molar-refractivity contribution is 5.98. The van der Waals surface area contributed by atoms with Gasteiger partial charge in [0.25, 0.3) is 0 Å². The first-order valence-electron chi connectivity index (χ1n) is 7.74. The highest BCUT2D eigenvalue weighted by atomic mass is 19.1. The fourth-order valence-electron chi connectivity index (χ4n) is 2.86. The maximum absolute atomic E-state index is 13.8. The number of hydrogen-bond acceptors (Lipinski definition) is 4. The van der Waals surface area contributed by atoms with Crippen molar-refractivity contribution >= 4 is 17.2 Å². The van der Waals surface area contributed by atoms with Gasteiger partial charge < -0.3 is 10.6 Å². The Kier molecular flexibility index (Phi) is 4.57. The van der Waals surface area contributed by atoms with Crippen LogP contribution < -0.4 is 10.6 Å². The van der Waals surface area contributed by atoms with E-state index in [1.165, 1.54) is 6.07 Å². The van der Waals surface area contributed by atoms with E-state index in [1.807, 2.05) is 11.0 Å². The van der Waals surface area contributed by atoms with Crippen molar-refractivity contribution < 1.29 is 9.18 Å². The summed E-state index contributed by atoms with van der Waals surface area (Å²) >= 11 is 0. The number of para-hydroxylation sites is 1. The van der Waals surface area contributed by atoms with Crippen molar-refractivity contribution in [3.8, 4) is 0 Å². The zero-order chi connectivity index (χ0) is 16.2. The van der Waals surface area contributed by atoms with Crippen LogP contribution in [0.3, 0.4) is 0 Å². The second-order valence-electron chi connectivity index (χ2n) is 5.76. The van der Waals surface area contributed by atoms with Gasteiger partial charge in [0.2, 0.25) is 0 Å². The molecule has 1 fully saturated rings. The van der Waals surface area contributed by atoms with Crippen LogP contribution in [-0.4, -0.2) is 43.4 Å². The van der Waals surface area contributed by atoms with E-state index in [2.05, 4.69) is 4.90 Å². The van der Waals surface area contributed by atoms with Crippen LogP contribution in [0.5, 0.6) is 0 Å². The molecule has 1 saturated heterocycles. The van der Waals surface area contributed by atoms with Crippen LogP contribution in [0.15, 0.2) is 48.5 Å². The number of piperazine rings is 1. The lowest BCUT2D eigenvalue weighted by Crippen LogP contribution is -2.48. The predicted octanol–water partition coefficient (Wildman–Crippen LogP) is 2.41. The largest absolute Gasteiger partial charge is 0.399 e. The highest BCUT2D eigenvalue weighted by Gasteiger charge is 2.21. The van der Waals surface area contributed by atoms with E-state index < -0.39 is 0 Å². The minimum absolute atomic E-state index is 0.0663. The number of nitrogens with zero attached hydrogens (tertiary/aromatic N) is 2. The molecule has 5 heteroatoms. The number of anilines is 2. The Hall–Kier alpha value is -2.40. The smallest absolute Gasteiger partial charge is 0.176 e. The quantitative estimate of drug-likeness (QED) is 0.696. The number of halogens is 1. The number of Topliss-reactive ketones (excluding diaryl/α,β-unsaturated/α-hetero) is 1. The summed E-state index contributed by atoms with van der Waals surface area (Å²) in [7, 11) is 0. The van der Waals surface area contributed by atoms with E-state index >= 15 is 0 Å². The summed E-state index contributed by atoms with van der Waals surface area (Å²) in [4.78, 5) is 16.4. The van der Waals surface area contributed by atoms with Crippen molar-refractivity contribution in [1.82, 2.24) is 4.90 Å². The molecule has 0 aromatic heterocycles. The van der Waals surface area contributed by atoms with E-state index in [9.17, 15) is 9.18 Å². The molecule has 1 heterocycles. The summed E-state index contributed by atoms with van der Waals surface area (Å²) in [6.45, 7) is 3.27. The van der Waals surface area contributed by atoms with Crippen LogP contribution in [0.1, 0.15) is 10.4 Å². The Morgan fingerprint density at radius 3 is 2.48 bits per heavy atom. The number of carbonyl (C=O) groups excluding carboxylic acids is 1. The number of ketones is 1. The summed E-state index contributed by atoms with van der Waals surface area (Å²) in [5.74, 6) is -0.131. The fourth-order valence-corrected chi connectivity index (χ4v) is 2.86. The van der Waals surface area contributed by atoms with E-state index in [-0.39, 0.29) is 11.6 Å². The molecule has 0 atom stereocenters. The second kappa shape index (κ2) is 6.79. The minimum Gasteiger partial charge on any atom is -0.399 e. The van der Waals surface area contributed by atoms with Gasteiger partial charge in [-0.25, -0.2) is 4.39 Å². The predicted molar refractivity (Wildman–Crippen MR) is 90.2 cm³/mol. The minimum atomic E-state index is -0.197. The highest BCUT2D eigenvalue weighted by Crippen LogP contribution is 2.20. The number of carbonyl (C=O) groups is 1. The molecule has 2 aromatic rings. The lowest BCUT2D eigenvalue weighted by atomic mass is 10.1. The lowest BCUT2D eigenvalue weighted by molar-refractivity contribution is 0.0926. The molecule has 0 saturated carbocycles. The van der Waals surface area contributed by atoms with Crippen molar-refractivity contribution in [1.29, 1.82) is 0 Å². The van der Waals surface area contributed by atoms with Crippen molar-refractivity contribution in [2.45, 2.75) is 0 Å². The zero-order valence-corrected chi connectivity index (χ0v) is 12.9. The van der Waals surface area contributed by atoms with Crippen molar-refractivity contribution in [2.75, 3.05) is 43.4 Å². The van der Waals surface area contributed by atoms with Crippen molar-refractivity contribution in [3.63, 3.8) is 0 Å². The van der Waals surface area contributed by atoms with E-state index in [0.29, 0.717) is 36.6 Å². The van der Waals surface area contributed by atoms with E-state index in [0.717, 1.165) is 13.1 Å². The first-order valence-corrected chi connectivity index (χ1v) is 7.74. The van der Waals surface area contributed by atoms with E-state index in [4.69, 9.17) is 5.73 Å². The maximum Gasteiger partial charge on any atom is 0.176 e. The molecule has 0 bridgehead atoms. The summed E-state index contributed by atoms with van der Waals surface area (Å²) in [6, 6.07) is 13.9. The molecule has 2 N–H and O–H groups in total. The van der Waals surface area contributed by atoms with Gasteiger partial charge in [-0.3, -0.25) is 9.69 Å². The molecule has 2 aromatic carbocycles. The van der Waals surface area contributed by atoms with Crippen LogP contribution in [0.25, 0.3) is 0 Å². The third kappa shape index (κ3) is 3.68. The summed E-state index contributed by atoms with van der Waals surface area (Å²) in [5.41, 5.74) is 7.59. The van der Waals surface area contributed by atoms with Crippen molar-refractivity contribution in [2.24, 2.45) is 0 Å². The molecule has 1 aliphatic heterocycles. The zero-order valence-electron chi connectivity index (χ0n) is 12.9. The van der Waals surface area contributed by atoms with Gasteiger partial charge in [-0.2, -0.15) is 0 Å². The molecule has 0 aliphatic carbocycles. The van der Waals surface area contributed by atoms with Gasteiger partial charge in [-0.1, -0.05) is 24.3 Å². The van der Waals surface area contributed by atoms with Gasteiger partial charge in [-0.05, 0) is 24.3 Å². The third-order valence-corrected chi connectivity index (χ3v) is 4.14. The maximum atomic E-state index is 13.8. The Labute approximate surface area is 135 Å². The number of nitrogen functional groups attached to an aromatic ring is 1. The normalized spacial score (nSPS) is 15.6. The van der Waals surface area contributed by atoms with Crippen molar-refractivity contribution in [3.05, 3.63) is 59.9 Å². The molecule has 120 valence electrons. The number of nitrogens with two attached hydrogens (primary N) is 1. The first-order chi connectivity index (χ1) is 11.1. The van der Waals surface area contributed by atoms with Gasteiger partial charge >= 0.3 is 0 Å². The average molecular weight is 313 g/mol. The lowest BCUT2D eigenvalue weighted by Gasteiger charge is -2.35. The molecule has 3 rings (SSSR count). The number of hydrogen-bond donors (Lipinski definition) is 1. The summed E-state index contributed by atoms with van der Waals surface area (Å²) < 4.78 is 13.8. The summed E-state index contributed by atoms with van der Waals surface area (Å²) in [5, 5.41) is 0. The Balaban J connectivity index is 1.57. The molecule has 0 amide bonds. The topological polar surface area (TPSA) is 49.6 Å². The first kappa shape index (κ1) is 15.5. The Morgan fingerprint density at radius 1 is 1.04 bits per heavy atom. The molecule has 0 spiro atoms. The van der Waals surface area contributed by atoms with Gasteiger partial charge in [0.05, 0.1) is 12.2 Å². The molecule has 4 nitrogen and oxygen atoms in total. The van der Waals surface area contributed by atoms with Crippen LogP contribution in [0.4, 0.5) is 15.8 Å². The van der Waals surface area contributed by atoms with Gasteiger partial charge in [-0.15, -0.1) is 0 Å². The monoisotopic (exact) mass is 313 g/mol. The Morgan fingerprint density at radius 2 is 1.78 bits per heavy atom. The SMILES string of the molecule is Nc1cccc(C(=O)CN2CCN(c3ccccc3F)CC2)c1. The summed E-state index contributed by atoms with van der Waals surface area (Å²) in [6.07, 6.45) is 0. The van der Waals surface area contributed by atoms with Gasteiger partial charge in [0.1, 0.15) is 5.82 Å². The molecular weight excluding hydrogens is 293 g/mol. The van der Waals surface area contributed by atoms with Crippen LogP contribution in [-0.2, 0) is 0 Å².